The molecule has 44 heavy (non-hydrogen) atoms. The normalized spacial score (nSPS) is 16.2. The summed E-state index contributed by atoms with van der Waals surface area (Å²) >= 11 is 12.3. The Bertz CT molecular complexity index is 1730. The summed E-state index contributed by atoms with van der Waals surface area (Å²) in [5.74, 6) is -1.95. The smallest absolute Gasteiger partial charge is 0.393 e. The molecule has 0 bridgehead atoms. The molecule has 15 heteroatoms. The van der Waals surface area contributed by atoms with Gasteiger partial charge in [0.05, 0.1) is 21.3 Å². The van der Waals surface area contributed by atoms with E-state index in [1.165, 1.54) is 25.3 Å². The zero-order chi connectivity index (χ0) is 31.4. The lowest BCUT2D eigenvalue weighted by Gasteiger charge is -2.37. The van der Waals surface area contributed by atoms with Crippen molar-refractivity contribution >= 4 is 65.1 Å². The van der Waals surface area contributed by atoms with Crippen LogP contribution in [0.15, 0.2) is 66.9 Å². The Kier molecular flexibility index (Phi) is 9.57. The zero-order valence-electron chi connectivity index (χ0n) is 23.4. The molecule has 12 nitrogen and oxygen atoms in total. The number of aromatic amines is 1. The third kappa shape index (κ3) is 6.90. The minimum Gasteiger partial charge on any atom is -0.480 e. The van der Waals surface area contributed by atoms with Gasteiger partial charge >= 0.3 is 13.6 Å². The molecule has 2 heterocycles. The number of carbonyl (C=O) groups excluding carboxylic acids is 2. The van der Waals surface area contributed by atoms with Crippen molar-refractivity contribution in [1.29, 1.82) is 0 Å². The van der Waals surface area contributed by atoms with Crippen molar-refractivity contribution in [2.75, 3.05) is 18.4 Å². The van der Waals surface area contributed by atoms with Crippen LogP contribution in [-0.2, 0) is 9.36 Å². The number of aliphatic carboxylic acids is 1. The van der Waals surface area contributed by atoms with Gasteiger partial charge in [0.15, 0.2) is 5.69 Å². The average molecular weight is 659 g/mol. The fourth-order valence-electron chi connectivity index (χ4n) is 4.86. The van der Waals surface area contributed by atoms with E-state index in [-0.39, 0.29) is 46.1 Å². The Morgan fingerprint density at radius 3 is 2.39 bits per heavy atom. The van der Waals surface area contributed by atoms with Crippen molar-refractivity contribution in [1.82, 2.24) is 25.3 Å². The number of H-pyrrole nitrogens is 1. The fraction of sp³-hybridized carbons (Fsp3) is 0.241. The van der Waals surface area contributed by atoms with Crippen LogP contribution in [0.1, 0.15) is 40.6 Å². The monoisotopic (exact) mass is 658 g/mol. The minimum absolute atomic E-state index is 0.0362. The molecule has 0 spiro atoms. The molecule has 0 saturated carbocycles. The molecule has 3 aromatic carbocycles. The summed E-state index contributed by atoms with van der Waals surface area (Å²) in [4.78, 5) is 37.6. The van der Waals surface area contributed by atoms with Crippen LogP contribution < -0.4 is 20.2 Å². The number of halogens is 2. The molecular weight excluding hydrogens is 630 g/mol. The van der Waals surface area contributed by atoms with Crippen molar-refractivity contribution in [3.63, 3.8) is 0 Å². The van der Waals surface area contributed by atoms with Crippen LogP contribution in [0, 0.1) is 0 Å². The predicted molar refractivity (Wildman–Crippen MR) is 167 cm³/mol. The molecule has 230 valence electrons. The number of benzene rings is 3. The number of nitrogens with zero attached hydrogens (tertiary/aromatic N) is 2. The van der Waals surface area contributed by atoms with E-state index in [0.29, 0.717) is 18.6 Å². The second kappa shape index (κ2) is 13.4. The second-order valence-corrected chi connectivity index (χ2v) is 13.0. The maximum Gasteiger partial charge on any atom is 0.393 e. The fourth-order valence-corrected chi connectivity index (χ4v) is 7.54. The van der Waals surface area contributed by atoms with Gasteiger partial charge in [-0.15, -0.1) is 0 Å². The highest BCUT2D eigenvalue weighted by Crippen LogP contribution is 2.50. The summed E-state index contributed by atoms with van der Waals surface area (Å²) in [6, 6.07) is 16.0. The molecule has 5 N–H and O–H groups in total. The maximum atomic E-state index is 14.3. The number of carbonyl (C=O) groups is 3. The highest BCUT2D eigenvalue weighted by Gasteiger charge is 2.39. The quantitative estimate of drug-likeness (QED) is 0.137. The Hall–Kier alpha value is -3.93. The molecular formula is C29H29Cl2N6O6P. The highest BCUT2D eigenvalue weighted by molar-refractivity contribution is 7.54. The van der Waals surface area contributed by atoms with Gasteiger partial charge in [0, 0.05) is 30.7 Å². The number of aromatic nitrogens is 2. The number of anilines is 1. The van der Waals surface area contributed by atoms with Gasteiger partial charge in [-0.05, 0) is 43.4 Å². The first-order valence-corrected chi connectivity index (χ1v) is 16.0. The van der Waals surface area contributed by atoms with Crippen molar-refractivity contribution in [2.45, 2.75) is 31.8 Å². The maximum absolute atomic E-state index is 14.3. The van der Waals surface area contributed by atoms with Gasteiger partial charge in [-0.25, -0.2) is 14.3 Å². The predicted octanol–water partition coefficient (Wildman–Crippen LogP) is 5.57. The van der Waals surface area contributed by atoms with E-state index < -0.39 is 31.5 Å². The average Bonchev–Trinajstić information content (AvgIpc) is 3.45. The number of nitrogens with one attached hydrogen (secondary N) is 4. The van der Waals surface area contributed by atoms with Gasteiger partial charge in [0.25, 0.3) is 11.8 Å². The van der Waals surface area contributed by atoms with E-state index in [1.54, 1.807) is 22.9 Å². The first-order valence-electron chi connectivity index (χ1n) is 13.7. The summed E-state index contributed by atoms with van der Waals surface area (Å²) < 4.78 is 22.0. The molecule has 1 fully saturated rings. The van der Waals surface area contributed by atoms with Gasteiger partial charge < -0.3 is 20.3 Å². The van der Waals surface area contributed by atoms with Gasteiger partial charge in [0.2, 0.25) is 0 Å². The number of carboxylic acids is 1. The second-order valence-electron chi connectivity index (χ2n) is 10.2. The summed E-state index contributed by atoms with van der Waals surface area (Å²) in [7, 11) is -3.90. The lowest BCUT2D eigenvalue weighted by Crippen LogP contribution is -2.47. The summed E-state index contributed by atoms with van der Waals surface area (Å²) in [5.41, 5.74) is 0.170. The third-order valence-electron chi connectivity index (χ3n) is 7.17. The van der Waals surface area contributed by atoms with E-state index in [1.807, 2.05) is 30.3 Å². The first kappa shape index (κ1) is 31.5. The van der Waals surface area contributed by atoms with Crippen LogP contribution >= 0.6 is 30.9 Å². The number of rotatable bonds is 10. The van der Waals surface area contributed by atoms with Gasteiger partial charge in [-0.1, -0.05) is 65.7 Å². The van der Waals surface area contributed by atoms with E-state index in [2.05, 4.69) is 25.9 Å². The molecule has 2 unspecified atom stereocenters. The molecule has 5 rings (SSSR count). The molecule has 1 aromatic heterocycles. The molecule has 4 aromatic rings. The Morgan fingerprint density at radius 1 is 1.02 bits per heavy atom. The lowest BCUT2D eigenvalue weighted by molar-refractivity contribution is -0.138. The van der Waals surface area contributed by atoms with Crippen LogP contribution in [0.4, 0.5) is 5.69 Å². The number of hydrogen-bond donors (Lipinski definition) is 5. The highest BCUT2D eigenvalue weighted by atomic mass is 35.5. The molecule has 2 amide bonds. The Balaban J connectivity index is 1.26. The Labute approximate surface area is 262 Å². The van der Waals surface area contributed by atoms with Crippen molar-refractivity contribution in [3.05, 3.63) is 88.2 Å². The molecule has 1 saturated heterocycles. The molecule has 1 aliphatic rings. The van der Waals surface area contributed by atoms with Crippen molar-refractivity contribution in [3.8, 4) is 5.75 Å². The number of carboxylic acid groups (broad SMARTS) is 1. The summed E-state index contributed by atoms with van der Waals surface area (Å²) in [5, 5.41) is 26.3. The van der Waals surface area contributed by atoms with Crippen LogP contribution in [-0.4, -0.2) is 62.9 Å². The zero-order valence-corrected chi connectivity index (χ0v) is 25.8. The number of fused-ring (bicyclic) bond motifs is 1. The van der Waals surface area contributed by atoms with Gasteiger partial charge in [-0.2, -0.15) is 5.10 Å². The van der Waals surface area contributed by atoms with E-state index in [0.717, 1.165) is 10.8 Å². The lowest BCUT2D eigenvalue weighted by atomic mass is 10.1. The molecule has 2 atom stereocenters. The van der Waals surface area contributed by atoms with Crippen LogP contribution in [0.3, 0.4) is 0 Å². The first-order chi connectivity index (χ1) is 21.1. The van der Waals surface area contributed by atoms with Gasteiger partial charge in [-0.3, -0.25) is 19.5 Å². The third-order valence-corrected chi connectivity index (χ3v) is 10.1. The topological polar surface area (TPSA) is 166 Å². The molecule has 0 aliphatic carbocycles. The number of amides is 2. The largest absolute Gasteiger partial charge is 0.480 e. The molecule has 1 aliphatic heterocycles. The van der Waals surface area contributed by atoms with Crippen molar-refractivity contribution in [2.24, 2.45) is 0 Å². The van der Waals surface area contributed by atoms with E-state index in [9.17, 15) is 24.1 Å². The molecule has 0 radical (unpaired) electrons. The SMILES string of the molecule is CC(NP(=O)(Oc1cccc2ccccc12)N1CCC(NC(=O)c2n[nH]cc2NC(=O)c2c(Cl)cccc2Cl)CC1)C(=O)O. The van der Waals surface area contributed by atoms with Crippen LogP contribution in [0.5, 0.6) is 5.75 Å². The summed E-state index contributed by atoms with van der Waals surface area (Å²) in [6.45, 7) is 1.87. The van der Waals surface area contributed by atoms with Crippen LogP contribution in [0.2, 0.25) is 10.0 Å². The van der Waals surface area contributed by atoms with Crippen molar-refractivity contribution < 1.29 is 28.6 Å². The number of piperidine rings is 1. The minimum atomic E-state index is -3.90. The standard InChI is InChI=1S/C29H29Cl2N6O6P/c1-17(29(40)41)36-44(42,43-24-11-4-7-18-6-2-3-8-20(18)24)37-14-12-19(13-15-37)33-28(39)26-23(16-32-35-26)34-27(38)25-21(30)9-5-10-22(25)31/h2-11,16-17,19H,12-15H2,1H3,(H,32,35)(H,33,39)(H,34,38)(H,36,42)(H,40,41). The summed E-state index contributed by atoms with van der Waals surface area (Å²) in [6.07, 6.45) is 2.15. The van der Waals surface area contributed by atoms with Crippen LogP contribution in [0.25, 0.3) is 10.8 Å². The van der Waals surface area contributed by atoms with Gasteiger partial charge in [0.1, 0.15) is 11.8 Å². The van der Waals surface area contributed by atoms with E-state index >= 15 is 0 Å². The van der Waals surface area contributed by atoms with E-state index in [4.69, 9.17) is 27.7 Å². The Morgan fingerprint density at radius 2 is 1.68 bits per heavy atom. The number of hydrogen-bond acceptors (Lipinski definition) is 6.